The molecule has 0 saturated carbocycles. The monoisotopic (exact) mass is 312 g/mol. The second kappa shape index (κ2) is 5.35. The molecule has 20 heavy (non-hydrogen) atoms. The van der Waals surface area contributed by atoms with Crippen LogP contribution in [0.4, 0.5) is 5.82 Å². The van der Waals surface area contributed by atoms with Crippen LogP contribution in [0.15, 0.2) is 12.7 Å². The first-order valence-electron chi connectivity index (χ1n) is 5.86. The molecule has 2 aromatic rings. The van der Waals surface area contributed by atoms with Gasteiger partial charge in [-0.15, -0.1) is 0 Å². The van der Waals surface area contributed by atoms with E-state index >= 15 is 0 Å². The van der Waals surface area contributed by atoms with Crippen LogP contribution in [0.2, 0.25) is 10.2 Å². The minimum Gasteiger partial charge on any atom is -0.347 e. The quantitative estimate of drug-likeness (QED) is 0.723. The summed E-state index contributed by atoms with van der Waals surface area (Å²) in [6, 6.07) is -0.393. The highest BCUT2D eigenvalue weighted by Gasteiger charge is 2.26. The van der Waals surface area contributed by atoms with Crippen molar-refractivity contribution in [2.75, 3.05) is 5.32 Å². The lowest BCUT2D eigenvalue weighted by molar-refractivity contribution is -0.118. The predicted octanol–water partition coefficient (Wildman–Crippen LogP) is 1.16. The van der Waals surface area contributed by atoms with Gasteiger partial charge in [0.15, 0.2) is 11.0 Å². The van der Waals surface area contributed by atoms with Gasteiger partial charge < -0.3 is 10.3 Å². The van der Waals surface area contributed by atoms with Gasteiger partial charge in [-0.25, -0.2) is 15.0 Å². The number of hydrogen-bond donors (Lipinski definition) is 3. The molecule has 1 amide bonds. The molecule has 9 heteroatoms. The third-order valence-corrected chi connectivity index (χ3v) is 3.78. The number of aromatic amines is 1. The van der Waals surface area contributed by atoms with E-state index in [0.29, 0.717) is 13.0 Å². The average Bonchev–Trinajstić information content (AvgIpc) is 2.91. The van der Waals surface area contributed by atoms with E-state index in [0.717, 1.165) is 11.4 Å². The molecule has 1 unspecified atom stereocenters. The van der Waals surface area contributed by atoms with Crippen LogP contribution in [-0.2, 0) is 17.8 Å². The second-order valence-corrected chi connectivity index (χ2v) is 5.02. The third kappa shape index (κ3) is 2.47. The Kier molecular flexibility index (Phi) is 3.56. The zero-order chi connectivity index (χ0) is 14.1. The van der Waals surface area contributed by atoms with Gasteiger partial charge in [0, 0.05) is 13.0 Å². The van der Waals surface area contributed by atoms with E-state index in [1.807, 2.05) is 0 Å². The third-order valence-electron chi connectivity index (χ3n) is 3.04. The van der Waals surface area contributed by atoms with Crippen molar-refractivity contribution in [3.63, 3.8) is 0 Å². The van der Waals surface area contributed by atoms with Crippen LogP contribution in [0.1, 0.15) is 11.4 Å². The summed E-state index contributed by atoms with van der Waals surface area (Å²) in [6.07, 6.45) is 3.36. The standard InChI is InChI=1S/C11H10Cl2N6O/c12-8-9(13)17-4-18-10(8)19-11(20)6-1-5-7(2-14-6)16-3-15-5/h3-4,6,14H,1-2H2,(H,15,16)(H,17,18,19,20). The SMILES string of the molecule is O=C(Nc1ncnc(Cl)c1Cl)C1Cc2nc[nH]c2CN1. The summed E-state index contributed by atoms with van der Waals surface area (Å²) in [6.45, 7) is 0.561. The number of rotatable bonds is 2. The molecule has 0 saturated heterocycles. The zero-order valence-corrected chi connectivity index (χ0v) is 11.7. The summed E-state index contributed by atoms with van der Waals surface area (Å²) in [5, 5.41) is 5.97. The smallest absolute Gasteiger partial charge is 0.243 e. The Bertz CT molecular complexity index is 658. The zero-order valence-electron chi connectivity index (χ0n) is 10.2. The number of halogens is 2. The molecule has 1 aliphatic heterocycles. The van der Waals surface area contributed by atoms with Gasteiger partial charge in [0.05, 0.1) is 23.8 Å². The first kappa shape index (κ1) is 13.3. The van der Waals surface area contributed by atoms with Gasteiger partial charge in [0.25, 0.3) is 0 Å². The Morgan fingerprint density at radius 2 is 2.20 bits per heavy atom. The second-order valence-electron chi connectivity index (χ2n) is 4.28. The summed E-state index contributed by atoms with van der Waals surface area (Å²) in [5.74, 6) is -0.0402. The Morgan fingerprint density at radius 1 is 1.35 bits per heavy atom. The molecule has 1 atom stereocenters. The van der Waals surface area contributed by atoms with E-state index in [2.05, 4.69) is 30.6 Å². The molecular formula is C11H10Cl2N6O. The van der Waals surface area contributed by atoms with Crippen LogP contribution in [-0.4, -0.2) is 31.9 Å². The minimum absolute atomic E-state index is 0.100. The number of hydrogen-bond acceptors (Lipinski definition) is 5. The molecule has 3 heterocycles. The van der Waals surface area contributed by atoms with Gasteiger partial charge >= 0.3 is 0 Å². The number of carbonyl (C=O) groups excluding carboxylic acids is 1. The first-order chi connectivity index (χ1) is 9.65. The maximum atomic E-state index is 12.2. The molecule has 2 aromatic heterocycles. The Labute approximate surface area is 124 Å². The van der Waals surface area contributed by atoms with E-state index in [9.17, 15) is 4.79 Å². The molecule has 0 spiro atoms. The maximum absolute atomic E-state index is 12.2. The largest absolute Gasteiger partial charge is 0.347 e. The van der Waals surface area contributed by atoms with Crippen LogP contribution in [0, 0.1) is 0 Å². The lowest BCUT2D eigenvalue weighted by Crippen LogP contribution is -2.45. The normalized spacial score (nSPS) is 17.6. The highest BCUT2D eigenvalue weighted by Crippen LogP contribution is 2.25. The van der Waals surface area contributed by atoms with Gasteiger partial charge in [-0.3, -0.25) is 10.1 Å². The fourth-order valence-electron chi connectivity index (χ4n) is 1.99. The minimum atomic E-state index is -0.393. The van der Waals surface area contributed by atoms with Crippen LogP contribution in [0.3, 0.4) is 0 Å². The van der Waals surface area contributed by atoms with Gasteiger partial charge in [0.2, 0.25) is 5.91 Å². The van der Waals surface area contributed by atoms with Crippen molar-refractivity contribution in [1.29, 1.82) is 0 Å². The topological polar surface area (TPSA) is 95.6 Å². The molecule has 3 rings (SSSR count). The number of aromatic nitrogens is 4. The summed E-state index contributed by atoms with van der Waals surface area (Å²) in [7, 11) is 0. The van der Waals surface area contributed by atoms with E-state index in [1.54, 1.807) is 6.33 Å². The van der Waals surface area contributed by atoms with Crippen molar-refractivity contribution in [3.8, 4) is 0 Å². The maximum Gasteiger partial charge on any atom is 0.243 e. The number of carbonyl (C=O) groups is 1. The Hall–Kier alpha value is -1.70. The van der Waals surface area contributed by atoms with Gasteiger partial charge in [-0.1, -0.05) is 23.2 Å². The predicted molar refractivity (Wildman–Crippen MR) is 73.6 cm³/mol. The molecule has 0 bridgehead atoms. The summed E-state index contributed by atoms with van der Waals surface area (Å²) >= 11 is 11.7. The van der Waals surface area contributed by atoms with E-state index in [-0.39, 0.29) is 21.9 Å². The summed E-state index contributed by atoms with van der Waals surface area (Å²) in [5.41, 5.74) is 1.88. The highest BCUT2D eigenvalue weighted by atomic mass is 35.5. The molecule has 0 aliphatic carbocycles. The van der Waals surface area contributed by atoms with Gasteiger partial charge in [-0.05, 0) is 0 Å². The van der Waals surface area contributed by atoms with Crippen LogP contribution in [0.25, 0.3) is 0 Å². The molecule has 0 radical (unpaired) electrons. The number of anilines is 1. The Balaban J connectivity index is 1.73. The molecule has 1 aliphatic rings. The number of nitrogens with zero attached hydrogens (tertiary/aromatic N) is 3. The van der Waals surface area contributed by atoms with Crippen molar-refractivity contribution in [2.24, 2.45) is 0 Å². The van der Waals surface area contributed by atoms with E-state index < -0.39 is 6.04 Å². The van der Waals surface area contributed by atoms with Crippen molar-refractivity contribution >= 4 is 34.9 Å². The number of imidazole rings is 1. The van der Waals surface area contributed by atoms with E-state index in [4.69, 9.17) is 23.2 Å². The lowest BCUT2D eigenvalue weighted by Gasteiger charge is -2.22. The molecule has 3 N–H and O–H groups in total. The molecule has 0 aromatic carbocycles. The summed E-state index contributed by atoms with van der Waals surface area (Å²) in [4.78, 5) is 27.0. The van der Waals surface area contributed by atoms with Crippen molar-refractivity contribution in [2.45, 2.75) is 19.0 Å². The number of fused-ring (bicyclic) bond motifs is 1. The fraction of sp³-hybridized carbons (Fsp3) is 0.273. The van der Waals surface area contributed by atoms with E-state index in [1.165, 1.54) is 6.33 Å². The Morgan fingerprint density at radius 3 is 3.05 bits per heavy atom. The molecular weight excluding hydrogens is 303 g/mol. The van der Waals surface area contributed by atoms with Gasteiger partial charge in [-0.2, -0.15) is 0 Å². The van der Waals surface area contributed by atoms with Crippen molar-refractivity contribution in [1.82, 2.24) is 25.3 Å². The lowest BCUT2D eigenvalue weighted by atomic mass is 10.0. The summed E-state index contributed by atoms with van der Waals surface area (Å²) < 4.78 is 0. The molecule has 7 nitrogen and oxygen atoms in total. The van der Waals surface area contributed by atoms with Crippen molar-refractivity contribution in [3.05, 3.63) is 34.2 Å². The van der Waals surface area contributed by atoms with Crippen LogP contribution >= 0.6 is 23.2 Å². The fourth-order valence-corrected chi connectivity index (χ4v) is 2.27. The van der Waals surface area contributed by atoms with Crippen LogP contribution < -0.4 is 10.6 Å². The molecule has 0 fully saturated rings. The molecule has 104 valence electrons. The number of nitrogens with one attached hydrogen (secondary N) is 3. The van der Waals surface area contributed by atoms with Gasteiger partial charge in [0.1, 0.15) is 11.3 Å². The number of H-pyrrole nitrogens is 1. The number of amides is 1. The first-order valence-corrected chi connectivity index (χ1v) is 6.62. The highest BCUT2D eigenvalue weighted by molar-refractivity contribution is 6.42. The van der Waals surface area contributed by atoms with Crippen LogP contribution in [0.5, 0.6) is 0 Å². The average molecular weight is 313 g/mol. The van der Waals surface area contributed by atoms with Crippen molar-refractivity contribution < 1.29 is 4.79 Å².